The Kier molecular flexibility index (Phi) is 2.33. The maximum absolute atomic E-state index is 8.58. The molecule has 2 aromatic rings. The van der Waals surface area contributed by atoms with E-state index < -0.39 is 0 Å². The van der Waals surface area contributed by atoms with Gasteiger partial charge in [-0.25, -0.2) is 0 Å². The molecule has 14 heavy (non-hydrogen) atoms. The lowest BCUT2D eigenvalue weighted by molar-refractivity contribution is 0.321. The van der Waals surface area contributed by atoms with Crippen molar-refractivity contribution >= 4 is 27.7 Å². The van der Waals surface area contributed by atoms with Gasteiger partial charge in [0.05, 0.1) is 5.52 Å². The van der Waals surface area contributed by atoms with E-state index in [4.69, 9.17) is 16.8 Å². The molecule has 0 amide bonds. The summed E-state index contributed by atoms with van der Waals surface area (Å²) in [6, 6.07) is 9.24. The number of para-hydroxylation sites is 1. The summed E-state index contributed by atoms with van der Waals surface area (Å²) in [5, 5.41) is 12.5. The van der Waals surface area contributed by atoms with Crippen LogP contribution in [0.25, 0.3) is 10.9 Å². The summed E-state index contributed by atoms with van der Waals surface area (Å²) in [7, 11) is 0. The van der Waals surface area contributed by atoms with Gasteiger partial charge < -0.3 is 5.21 Å². The number of rotatable bonds is 1. The number of halogens is 1. The van der Waals surface area contributed by atoms with Crippen LogP contribution in [0.5, 0.6) is 0 Å². The minimum absolute atomic E-state index is 0.0728. The molecule has 0 unspecified atom stereocenters. The zero-order chi connectivity index (χ0) is 9.97. The molecule has 0 spiro atoms. The van der Waals surface area contributed by atoms with Gasteiger partial charge in [0, 0.05) is 17.1 Å². The molecule has 0 saturated carbocycles. The molecule has 0 saturated heterocycles. The highest BCUT2D eigenvalue weighted by atomic mass is 35.5. The molecule has 0 radical (unpaired) electrons. The van der Waals surface area contributed by atoms with Crippen LogP contribution in [0.3, 0.4) is 0 Å². The van der Waals surface area contributed by atoms with Crippen LogP contribution >= 0.6 is 11.6 Å². The first kappa shape index (κ1) is 8.97. The molecule has 1 aromatic heterocycles. The van der Waals surface area contributed by atoms with Crippen LogP contribution in [0.2, 0.25) is 0 Å². The predicted molar refractivity (Wildman–Crippen MR) is 55.9 cm³/mol. The first-order valence-electron chi connectivity index (χ1n) is 4.04. The van der Waals surface area contributed by atoms with Crippen LogP contribution in [-0.4, -0.2) is 15.4 Å². The van der Waals surface area contributed by atoms with Crippen LogP contribution in [0.1, 0.15) is 5.56 Å². The van der Waals surface area contributed by atoms with Crippen molar-refractivity contribution in [3.63, 3.8) is 0 Å². The maximum atomic E-state index is 8.58. The average molecular weight is 207 g/mol. The number of nitrogens with zero attached hydrogens (tertiary/aromatic N) is 2. The monoisotopic (exact) mass is 206 g/mol. The number of fused-ring (bicyclic) bond motifs is 1. The topological polar surface area (TPSA) is 45.5 Å². The van der Waals surface area contributed by atoms with Crippen molar-refractivity contribution in [1.29, 1.82) is 0 Å². The van der Waals surface area contributed by atoms with E-state index in [0.29, 0.717) is 5.56 Å². The number of benzene rings is 1. The van der Waals surface area contributed by atoms with Gasteiger partial charge in [0.25, 0.3) is 0 Å². The van der Waals surface area contributed by atoms with Crippen molar-refractivity contribution < 1.29 is 5.21 Å². The Hall–Kier alpha value is -1.61. The number of hydrogen-bond acceptors (Lipinski definition) is 3. The third kappa shape index (κ3) is 1.42. The fourth-order valence-electron chi connectivity index (χ4n) is 1.33. The lowest BCUT2D eigenvalue weighted by Gasteiger charge is -2.01. The van der Waals surface area contributed by atoms with Gasteiger partial charge in [-0.05, 0) is 12.1 Å². The van der Waals surface area contributed by atoms with Crippen LogP contribution in [0.15, 0.2) is 41.7 Å². The molecule has 0 aliphatic heterocycles. The van der Waals surface area contributed by atoms with E-state index in [1.54, 1.807) is 12.3 Å². The largest absolute Gasteiger partial charge is 0.410 e. The number of oxime groups is 1. The second-order valence-electron chi connectivity index (χ2n) is 2.77. The number of aromatic nitrogens is 1. The molecule has 0 atom stereocenters. The van der Waals surface area contributed by atoms with Gasteiger partial charge in [-0.15, -0.1) is 0 Å². The van der Waals surface area contributed by atoms with E-state index in [2.05, 4.69) is 10.1 Å². The lowest BCUT2D eigenvalue weighted by Crippen LogP contribution is -1.93. The quantitative estimate of drug-likeness (QED) is 0.443. The Morgan fingerprint density at radius 1 is 1.29 bits per heavy atom. The molecule has 1 N–H and O–H groups in total. The van der Waals surface area contributed by atoms with Crippen LogP contribution < -0.4 is 0 Å². The van der Waals surface area contributed by atoms with Crippen LogP contribution in [0.4, 0.5) is 0 Å². The van der Waals surface area contributed by atoms with E-state index in [1.807, 2.05) is 24.3 Å². The van der Waals surface area contributed by atoms with Crippen molar-refractivity contribution in [3.05, 3.63) is 42.1 Å². The van der Waals surface area contributed by atoms with Crippen molar-refractivity contribution in [1.82, 2.24) is 4.98 Å². The minimum atomic E-state index is 0.0728. The second-order valence-corrected chi connectivity index (χ2v) is 3.12. The van der Waals surface area contributed by atoms with Gasteiger partial charge in [-0.1, -0.05) is 35.0 Å². The molecule has 0 aliphatic carbocycles. The third-order valence-electron chi connectivity index (χ3n) is 1.96. The minimum Gasteiger partial charge on any atom is -0.410 e. The van der Waals surface area contributed by atoms with Gasteiger partial charge in [-0.2, -0.15) is 0 Å². The zero-order valence-corrected chi connectivity index (χ0v) is 7.94. The van der Waals surface area contributed by atoms with Crippen LogP contribution in [0, 0.1) is 0 Å². The summed E-state index contributed by atoms with van der Waals surface area (Å²) in [5.74, 6) is 0. The van der Waals surface area contributed by atoms with E-state index >= 15 is 0 Å². The van der Waals surface area contributed by atoms with Crippen molar-refractivity contribution in [2.24, 2.45) is 5.16 Å². The molecule has 70 valence electrons. The van der Waals surface area contributed by atoms with E-state index in [-0.39, 0.29) is 5.17 Å². The second kappa shape index (κ2) is 3.64. The maximum Gasteiger partial charge on any atom is 0.176 e. The molecule has 0 aliphatic rings. The van der Waals surface area contributed by atoms with Crippen LogP contribution in [-0.2, 0) is 0 Å². The van der Waals surface area contributed by atoms with E-state index in [1.165, 1.54) is 0 Å². The van der Waals surface area contributed by atoms with E-state index in [0.717, 1.165) is 10.9 Å². The van der Waals surface area contributed by atoms with Gasteiger partial charge in [0.1, 0.15) is 0 Å². The molecule has 3 nitrogen and oxygen atoms in total. The fourth-order valence-corrected chi connectivity index (χ4v) is 1.49. The molecule has 2 rings (SSSR count). The standard InChI is InChI=1S/C10H7ClN2O/c11-10(13-14)8-5-6-12-9-4-2-1-3-7(8)9/h1-6,14H/b13-10+. The Morgan fingerprint density at radius 2 is 2.07 bits per heavy atom. The summed E-state index contributed by atoms with van der Waals surface area (Å²) in [6.45, 7) is 0. The summed E-state index contributed by atoms with van der Waals surface area (Å²) in [4.78, 5) is 4.16. The van der Waals surface area contributed by atoms with Gasteiger partial charge in [-0.3, -0.25) is 4.98 Å². The molecule has 1 aromatic carbocycles. The van der Waals surface area contributed by atoms with E-state index in [9.17, 15) is 0 Å². The summed E-state index contributed by atoms with van der Waals surface area (Å²) in [5.41, 5.74) is 1.51. The van der Waals surface area contributed by atoms with Gasteiger partial charge >= 0.3 is 0 Å². The molecule has 4 heteroatoms. The summed E-state index contributed by atoms with van der Waals surface area (Å²) < 4.78 is 0. The Labute approximate surface area is 85.6 Å². The van der Waals surface area contributed by atoms with Crippen molar-refractivity contribution in [3.8, 4) is 0 Å². The third-order valence-corrected chi connectivity index (χ3v) is 2.24. The molecular weight excluding hydrogens is 200 g/mol. The smallest absolute Gasteiger partial charge is 0.176 e. The number of pyridine rings is 1. The zero-order valence-electron chi connectivity index (χ0n) is 7.18. The summed E-state index contributed by atoms with van der Waals surface area (Å²) in [6.07, 6.45) is 1.63. The molecule has 0 bridgehead atoms. The lowest BCUT2D eigenvalue weighted by atomic mass is 10.1. The first-order valence-corrected chi connectivity index (χ1v) is 4.42. The highest BCUT2D eigenvalue weighted by Gasteiger charge is 2.05. The average Bonchev–Trinajstić information content (AvgIpc) is 2.27. The highest BCUT2D eigenvalue weighted by molar-refractivity contribution is 6.70. The number of hydrogen-bond donors (Lipinski definition) is 1. The summed E-state index contributed by atoms with van der Waals surface area (Å²) >= 11 is 5.74. The molecular formula is C10H7ClN2O. The SMILES string of the molecule is O/N=C(/Cl)c1ccnc2ccccc12. The van der Waals surface area contributed by atoms with Crippen molar-refractivity contribution in [2.45, 2.75) is 0 Å². The van der Waals surface area contributed by atoms with Crippen molar-refractivity contribution in [2.75, 3.05) is 0 Å². The Balaban J connectivity index is 2.77. The normalized spacial score (nSPS) is 11.9. The first-order chi connectivity index (χ1) is 6.83. The molecule has 0 fully saturated rings. The molecule has 1 heterocycles. The predicted octanol–water partition coefficient (Wildman–Crippen LogP) is 2.61. The Morgan fingerprint density at radius 3 is 2.86 bits per heavy atom. The Bertz CT molecular complexity index is 491. The van der Waals surface area contributed by atoms with Gasteiger partial charge in [0.15, 0.2) is 5.17 Å². The fraction of sp³-hybridized carbons (Fsp3) is 0. The highest BCUT2D eigenvalue weighted by Crippen LogP contribution is 2.18. The van der Waals surface area contributed by atoms with Gasteiger partial charge in [0.2, 0.25) is 0 Å².